The van der Waals surface area contributed by atoms with Crippen molar-refractivity contribution in [3.8, 4) is 0 Å². The minimum absolute atomic E-state index is 0. The predicted octanol–water partition coefficient (Wildman–Crippen LogP) is -0.287. The standard InChI is InChI=1S/2C16H15BN3O2.2H2O/c1-18-16(21)12-4-7-15-14(8-12)19-10-20(15)9-11-2-5-13(17-22)6-3-11;1-18-16(21)12-4-7-14-15(8-12)20(10-19-14)9-11-2-5-13(17-22)6-3-11;;/h2*2-8,10,22H,9H2,1H3,(H,18,21);2*1H2. The summed E-state index contributed by atoms with van der Waals surface area (Å²) in [5.74, 6) is -0.232. The molecule has 0 aliphatic carbocycles. The molecule has 6 rings (SSSR count). The molecule has 0 unspecified atom stereocenters. The van der Waals surface area contributed by atoms with Gasteiger partial charge in [-0.2, -0.15) is 0 Å². The van der Waals surface area contributed by atoms with E-state index in [1.165, 1.54) is 0 Å². The summed E-state index contributed by atoms with van der Waals surface area (Å²) in [6.45, 7) is 1.33. The van der Waals surface area contributed by atoms with Crippen molar-refractivity contribution < 1.29 is 30.6 Å². The maximum Gasteiger partial charge on any atom is 0.326 e. The SMILES string of the molecule is CNC(=O)c1ccc2c(c1)ncn2Cc1ccc([B]O)cc1.CNC(=O)c1ccc2ncn(Cc3ccc([B]O)cc3)c2c1.O.O. The molecule has 0 atom stereocenters. The Morgan fingerprint density at radius 3 is 1.59 bits per heavy atom. The highest BCUT2D eigenvalue weighted by atomic mass is 16.2. The van der Waals surface area contributed by atoms with E-state index >= 15 is 0 Å². The van der Waals surface area contributed by atoms with Gasteiger partial charge in [0.1, 0.15) is 0 Å². The second kappa shape index (κ2) is 16.2. The van der Waals surface area contributed by atoms with E-state index < -0.39 is 0 Å². The number of hydrogen-bond donors (Lipinski definition) is 4. The van der Waals surface area contributed by atoms with Crippen LogP contribution in [0.4, 0.5) is 0 Å². The molecule has 14 heteroatoms. The van der Waals surface area contributed by atoms with E-state index in [0.717, 1.165) is 59.1 Å². The number of hydrogen-bond acceptors (Lipinski definition) is 6. The average molecular weight is 620 g/mol. The molecule has 4 aromatic carbocycles. The molecular formula is C32H34B2N6O6. The molecule has 0 saturated heterocycles. The summed E-state index contributed by atoms with van der Waals surface area (Å²) in [5, 5.41) is 23.1. The second-order valence-corrected chi connectivity index (χ2v) is 10.1. The zero-order chi connectivity index (χ0) is 31.1. The van der Waals surface area contributed by atoms with Crippen LogP contribution >= 0.6 is 0 Å². The number of amides is 2. The number of nitrogens with zero attached hydrogens (tertiary/aromatic N) is 4. The lowest BCUT2D eigenvalue weighted by molar-refractivity contribution is 0.0955. The number of aromatic nitrogens is 4. The van der Waals surface area contributed by atoms with Crippen LogP contribution in [0.25, 0.3) is 22.1 Å². The largest absolute Gasteiger partial charge is 0.450 e. The number of carbonyl (C=O) groups is 2. The van der Waals surface area contributed by atoms with Crippen LogP contribution < -0.4 is 21.6 Å². The van der Waals surface area contributed by atoms with Crippen LogP contribution in [0.2, 0.25) is 0 Å². The van der Waals surface area contributed by atoms with Gasteiger partial charge in [0.25, 0.3) is 11.8 Å². The van der Waals surface area contributed by atoms with E-state index in [4.69, 9.17) is 10.0 Å². The number of benzene rings is 4. The van der Waals surface area contributed by atoms with Crippen molar-refractivity contribution in [1.82, 2.24) is 29.7 Å². The van der Waals surface area contributed by atoms with Crippen molar-refractivity contribution in [3.63, 3.8) is 0 Å². The molecular weight excluding hydrogens is 586 g/mol. The quantitative estimate of drug-likeness (QED) is 0.169. The smallest absolute Gasteiger partial charge is 0.326 e. The monoisotopic (exact) mass is 620 g/mol. The lowest BCUT2D eigenvalue weighted by atomic mass is 9.88. The Labute approximate surface area is 266 Å². The normalized spacial score (nSPS) is 10.2. The molecule has 0 saturated carbocycles. The molecule has 2 heterocycles. The Hall–Kier alpha value is -5.27. The second-order valence-electron chi connectivity index (χ2n) is 10.1. The Morgan fingerprint density at radius 2 is 1.09 bits per heavy atom. The van der Waals surface area contributed by atoms with Crippen molar-refractivity contribution in [3.05, 3.63) is 120 Å². The summed E-state index contributed by atoms with van der Waals surface area (Å²) in [5.41, 5.74) is 8.50. The maximum absolute atomic E-state index is 11.8. The van der Waals surface area contributed by atoms with Crippen molar-refractivity contribution in [2.24, 2.45) is 0 Å². The van der Waals surface area contributed by atoms with Crippen molar-refractivity contribution in [2.75, 3.05) is 14.1 Å². The lowest BCUT2D eigenvalue weighted by Gasteiger charge is -2.06. The summed E-state index contributed by atoms with van der Waals surface area (Å²) >= 11 is 0. The number of imidazole rings is 2. The highest BCUT2D eigenvalue weighted by molar-refractivity contribution is 6.45. The van der Waals surface area contributed by atoms with Crippen LogP contribution in [0, 0.1) is 0 Å². The van der Waals surface area contributed by atoms with Gasteiger partial charge < -0.3 is 40.8 Å². The van der Waals surface area contributed by atoms with E-state index in [2.05, 4.69) is 20.6 Å². The summed E-state index contributed by atoms with van der Waals surface area (Å²) in [7, 11) is 5.38. The molecule has 234 valence electrons. The van der Waals surface area contributed by atoms with Crippen LogP contribution in [0.1, 0.15) is 31.8 Å². The van der Waals surface area contributed by atoms with Crippen LogP contribution in [0.3, 0.4) is 0 Å². The van der Waals surface area contributed by atoms with Crippen molar-refractivity contribution in [2.45, 2.75) is 13.1 Å². The Balaban J connectivity index is 0.000000240. The molecule has 0 aliphatic heterocycles. The predicted molar refractivity (Wildman–Crippen MR) is 180 cm³/mol. The fraction of sp³-hybridized carbons (Fsp3) is 0.125. The van der Waals surface area contributed by atoms with Crippen molar-refractivity contribution >= 4 is 59.8 Å². The first-order valence-electron chi connectivity index (χ1n) is 13.9. The van der Waals surface area contributed by atoms with E-state index in [1.54, 1.807) is 44.9 Å². The molecule has 12 nitrogen and oxygen atoms in total. The topological polar surface area (TPSA) is 197 Å². The van der Waals surface area contributed by atoms with Gasteiger partial charge in [-0.05, 0) is 47.5 Å². The molecule has 2 radical (unpaired) electrons. The Bertz CT molecular complexity index is 1910. The molecule has 46 heavy (non-hydrogen) atoms. The van der Waals surface area contributed by atoms with E-state index in [1.807, 2.05) is 75.9 Å². The third-order valence-corrected chi connectivity index (χ3v) is 7.18. The first-order valence-corrected chi connectivity index (χ1v) is 13.9. The molecule has 2 amide bonds. The minimum Gasteiger partial charge on any atom is -0.450 e. The van der Waals surface area contributed by atoms with Gasteiger partial charge in [-0.15, -0.1) is 0 Å². The average Bonchev–Trinajstić information content (AvgIpc) is 3.67. The van der Waals surface area contributed by atoms with Gasteiger partial charge in [0.2, 0.25) is 0 Å². The third-order valence-electron chi connectivity index (χ3n) is 7.18. The van der Waals surface area contributed by atoms with E-state index in [9.17, 15) is 9.59 Å². The zero-order valence-corrected chi connectivity index (χ0v) is 25.3. The summed E-state index contributed by atoms with van der Waals surface area (Å²) in [6.07, 6.45) is 3.54. The number of carbonyl (C=O) groups excluding carboxylic acids is 2. The number of nitrogens with one attached hydrogen (secondary N) is 2. The molecule has 2 aromatic heterocycles. The van der Waals surface area contributed by atoms with Gasteiger partial charge in [-0.3, -0.25) is 9.59 Å². The van der Waals surface area contributed by atoms with Crippen LogP contribution in [0.15, 0.2) is 97.6 Å². The minimum atomic E-state index is -0.118. The molecule has 0 spiro atoms. The molecule has 6 aromatic rings. The first kappa shape index (κ1) is 35.2. The lowest BCUT2D eigenvalue weighted by Crippen LogP contribution is -2.17. The molecule has 8 N–H and O–H groups in total. The van der Waals surface area contributed by atoms with Gasteiger partial charge in [-0.1, -0.05) is 59.5 Å². The number of rotatable bonds is 8. The van der Waals surface area contributed by atoms with Gasteiger partial charge >= 0.3 is 15.0 Å². The van der Waals surface area contributed by atoms with E-state index in [-0.39, 0.29) is 22.8 Å². The summed E-state index contributed by atoms with van der Waals surface area (Å²) in [4.78, 5) is 32.1. The Kier molecular flexibility index (Phi) is 12.4. The van der Waals surface area contributed by atoms with E-state index in [0.29, 0.717) is 24.2 Å². The van der Waals surface area contributed by atoms with Crippen molar-refractivity contribution in [1.29, 1.82) is 0 Å². The Morgan fingerprint density at radius 1 is 0.630 bits per heavy atom. The fourth-order valence-electron chi connectivity index (χ4n) is 4.76. The van der Waals surface area contributed by atoms with Gasteiger partial charge in [0.15, 0.2) is 0 Å². The van der Waals surface area contributed by atoms with Crippen LogP contribution in [-0.4, -0.2) is 81.0 Å². The third kappa shape index (κ3) is 8.06. The fourth-order valence-corrected chi connectivity index (χ4v) is 4.76. The first-order chi connectivity index (χ1) is 21.4. The van der Waals surface area contributed by atoms with Gasteiger partial charge in [0, 0.05) is 38.3 Å². The molecule has 0 bridgehead atoms. The highest BCUT2D eigenvalue weighted by Gasteiger charge is 2.10. The summed E-state index contributed by atoms with van der Waals surface area (Å²) < 4.78 is 4.03. The highest BCUT2D eigenvalue weighted by Crippen LogP contribution is 2.18. The molecule has 0 fully saturated rings. The zero-order valence-electron chi connectivity index (χ0n) is 25.3. The number of fused-ring (bicyclic) bond motifs is 2. The summed E-state index contributed by atoms with van der Waals surface area (Å²) in [6, 6.07) is 26.2. The van der Waals surface area contributed by atoms with Gasteiger partial charge in [-0.25, -0.2) is 9.97 Å². The van der Waals surface area contributed by atoms with Gasteiger partial charge in [0.05, 0.1) is 34.7 Å². The van der Waals surface area contributed by atoms with Crippen LogP contribution in [0.5, 0.6) is 0 Å². The maximum atomic E-state index is 11.8. The van der Waals surface area contributed by atoms with Crippen LogP contribution in [-0.2, 0) is 13.1 Å². The molecule has 0 aliphatic rings.